The maximum Gasteiger partial charge on any atom is 0.435 e. The van der Waals surface area contributed by atoms with Crippen molar-refractivity contribution in [2.45, 2.75) is 5.03 Å². The van der Waals surface area contributed by atoms with E-state index in [2.05, 4.69) is 15.6 Å². The number of thioether (sulfide) groups is 1. The highest BCUT2D eigenvalue weighted by Crippen LogP contribution is 2.33. The number of hydrogen-bond acceptors (Lipinski definition) is 8. The number of carbonyl (C=O) groups is 1. The van der Waals surface area contributed by atoms with Crippen molar-refractivity contribution in [1.82, 2.24) is 10.3 Å². The fourth-order valence-corrected chi connectivity index (χ4v) is 3.75. The summed E-state index contributed by atoms with van der Waals surface area (Å²) in [7, 11) is 1.47. The third kappa shape index (κ3) is 4.49. The Hall–Kier alpha value is -3.51. The highest BCUT2D eigenvalue weighted by Gasteiger charge is 2.31. The number of nitrogens with one attached hydrogen (secondary N) is 2. The summed E-state index contributed by atoms with van der Waals surface area (Å²) in [6, 6.07) is 8.41. The first-order valence-corrected chi connectivity index (χ1v) is 10.1. The molecule has 0 bridgehead atoms. The highest BCUT2D eigenvalue weighted by molar-refractivity contribution is 8.00. The Kier molecular flexibility index (Phi) is 6.51. The van der Waals surface area contributed by atoms with Crippen molar-refractivity contribution < 1.29 is 14.0 Å². The molecular weight excluding hydrogens is 465 g/mol. The summed E-state index contributed by atoms with van der Waals surface area (Å²) in [5.74, 6) is -0.740. The zero-order valence-corrected chi connectivity index (χ0v) is 18.0. The van der Waals surface area contributed by atoms with Crippen LogP contribution in [0.2, 0.25) is 10.0 Å². The lowest BCUT2D eigenvalue weighted by atomic mass is 10.0. The Morgan fingerprint density at radius 3 is 2.61 bits per heavy atom. The quantitative estimate of drug-likeness (QED) is 0.372. The summed E-state index contributed by atoms with van der Waals surface area (Å²) in [5, 5.41) is 24.9. The van der Waals surface area contributed by atoms with Gasteiger partial charge in [0.05, 0.1) is 21.4 Å². The molecule has 3 rings (SSSR count). The lowest BCUT2D eigenvalue weighted by molar-refractivity contribution is -0.730. The summed E-state index contributed by atoms with van der Waals surface area (Å²) >= 11 is 12.7. The number of H-pyrrole nitrogens is 1. The number of nitrogen functional groups attached to an aromatic ring is 1. The molecule has 156 valence electrons. The second kappa shape index (κ2) is 9.10. The number of nitriles is 2. The van der Waals surface area contributed by atoms with Crippen molar-refractivity contribution in [3.63, 3.8) is 0 Å². The second-order valence-electron chi connectivity index (χ2n) is 6.00. The van der Waals surface area contributed by atoms with E-state index in [9.17, 15) is 20.1 Å². The van der Waals surface area contributed by atoms with Crippen molar-refractivity contribution in [3.05, 3.63) is 49.8 Å². The minimum absolute atomic E-state index is 0.0256. The Morgan fingerprint density at radius 2 is 2.03 bits per heavy atom. The first kappa shape index (κ1) is 22.2. The van der Waals surface area contributed by atoms with Gasteiger partial charge < -0.3 is 11.1 Å². The van der Waals surface area contributed by atoms with Gasteiger partial charge >= 0.3 is 11.3 Å². The molecule has 1 amide bonds. The zero-order valence-electron chi connectivity index (χ0n) is 15.7. The number of rotatable bonds is 5. The van der Waals surface area contributed by atoms with Crippen LogP contribution in [0.5, 0.6) is 0 Å². The molecule has 0 radical (unpaired) electrons. The van der Waals surface area contributed by atoms with Gasteiger partial charge in [-0.25, -0.2) is 9.78 Å². The van der Waals surface area contributed by atoms with Gasteiger partial charge in [0.1, 0.15) is 34.1 Å². The minimum Gasteiger partial charge on any atom is -0.383 e. The van der Waals surface area contributed by atoms with Crippen molar-refractivity contribution in [3.8, 4) is 23.4 Å². The van der Waals surface area contributed by atoms with Crippen LogP contribution in [0, 0.1) is 22.7 Å². The number of nitrogens with zero attached hydrogens (tertiary/aromatic N) is 4. The van der Waals surface area contributed by atoms with E-state index >= 15 is 0 Å². The van der Waals surface area contributed by atoms with Gasteiger partial charge in [0.15, 0.2) is 7.05 Å². The lowest BCUT2D eigenvalue weighted by Gasteiger charge is -2.10. The van der Waals surface area contributed by atoms with Crippen LogP contribution in [0.4, 0.5) is 11.5 Å². The number of aromatic nitrogens is 3. The van der Waals surface area contributed by atoms with Crippen molar-refractivity contribution in [2.75, 3.05) is 16.8 Å². The number of halogens is 2. The molecule has 0 saturated carbocycles. The van der Waals surface area contributed by atoms with E-state index in [-0.39, 0.29) is 44.0 Å². The standard InChI is InChI=1S/C18H11Cl2N7O3S/c1-27-15(18(29)30-26-27)14-9(5-21)16(23)25-17(10(14)6-22)31-7-13(28)24-8-2-3-11(19)12(20)4-8/h2-4H,7H2,1H3,(H3-,23,24,25,26,28,29)/p+1. The van der Waals surface area contributed by atoms with E-state index in [0.717, 1.165) is 11.8 Å². The van der Waals surface area contributed by atoms with E-state index in [1.54, 1.807) is 6.07 Å². The largest absolute Gasteiger partial charge is 0.435 e. The van der Waals surface area contributed by atoms with Crippen LogP contribution >= 0.6 is 35.0 Å². The number of amides is 1. The predicted octanol–water partition coefficient (Wildman–Crippen LogP) is 2.22. The summed E-state index contributed by atoms with van der Waals surface area (Å²) in [6.45, 7) is 0. The first-order valence-electron chi connectivity index (χ1n) is 8.36. The molecule has 0 saturated heterocycles. The molecular formula is C18H12Cl2N7O3S+. The molecule has 2 aromatic heterocycles. The average molecular weight is 477 g/mol. The molecule has 0 spiro atoms. The number of carbonyl (C=O) groups excluding carboxylic acids is 1. The molecule has 0 aliphatic heterocycles. The molecule has 4 N–H and O–H groups in total. The lowest BCUT2D eigenvalue weighted by Crippen LogP contribution is -2.34. The Morgan fingerprint density at radius 1 is 1.32 bits per heavy atom. The van der Waals surface area contributed by atoms with Gasteiger partial charge in [0.2, 0.25) is 5.91 Å². The second-order valence-corrected chi connectivity index (χ2v) is 7.78. The summed E-state index contributed by atoms with van der Waals surface area (Å²) in [6.07, 6.45) is 0. The Bertz CT molecular complexity index is 1340. The molecule has 0 aliphatic carbocycles. The fraction of sp³-hybridized carbons (Fsp3) is 0.111. The summed E-state index contributed by atoms with van der Waals surface area (Å²) in [5.41, 5.74) is 5.19. The molecule has 1 aromatic carbocycles. The minimum atomic E-state index is -0.797. The maximum absolute atomic E-state index is 12.3. The van der Waals surface area contributed by atoms with E-state index in [1.165, 1.54) is 23.9 Å². The molecule has 13 heteroatoms. The van der Waals surface area contributed by atoms with Crippen LogP contribution in [0.25, 0.3) is 11.3 Å². The van der Waals surface area contributed by atoms with Crippen LogP contribution in [0.3, 0.4) is 0 Å². The van der Waals surface area contributed by atoms with Crippen molar-refractivity contribution >= 4 is 52.4 Å². The zero-order chi connectivity index (χ0) is 22.7. The number of benzene rings is 1. The number of anilines is 2. The van der Waals surface area contributed by atoms with Crippen LogP contribution in [0.1, 0.15) is 11.1 Å². The Labute approximate surface area is 189 Å². The van der Waals surface area contributed by atoms with Gasteiger partial charge in [-0.15, -0.1) is 0 Å². The summed E-state index contributed by atoms with van der Waals surface area (Å²) < 4.78 is 5.93. The van der Waals surface area contributed by atoms with E-state index < -0.39 is 11.5 Å². The van der Waals surface area contributed by atoms with Gasteiger partial charge in [-0.1, -0.05) is 39.6 Å². The van der Waals surface area contributed by atoms with Crippen LogP contribution in [-0.2, 0) is 11.8 Å². The summed E-state index contributed by atoms with van der Waals surface area (Å²) in [4.78, 5) is 28.5. The number of pyridine rings is 1. The van der Waals surface area contributed by atoms with Gasteiger partial charge in [-0.2, -0.15) is 10.5 Å². The molecule has 10 nitrogen and oxygen atoms in total. The highest BCUT2D eigenvalue weighted by atomic mass is 35.5. The van der Waals surface area contributed by atoms with Crippen LogP contribution < -0.4 is 21.4 Å². The van der Waals surface area contributed by atoms with E-state index in [0.29, 0.717) is 10.7 Å². The normalized spacial score (nSPS) is 10.4. The molecule has 3 aromatic rings. The predicted molar refractivity (Wildman–Crippen MR) is 113 cm³/mol. The van der Waals surface area contributed by atoms with E-state index in [4.69, 9.17) is 33.5 Å². The topological polar surface area (TPSA) is 165 Å². The Balaban J connectivity index is 1.94. The molecule has 0 atom stereocenters. The number of hydrogen-bond donors (Lipinski definition) is 3. The van der Waals surface area contributed by atoms with Gasteiger partial charge in [0.25, 0.3) is 0 Å². The molecule has 0 fully saturated rings. The number of aromatic amines is 1. The molecule has 2 heterocycles. The molecule has 0 aliphatic rings. The maximum atomic E-state index is 12.3. The first-order chi connectivity index (χ1) is 14.8. The average Bonchev–Trinajstić information content (AvgIpc) is 3.06. The third-order valence-corrected chi connectivity index (χ3v) is 5.71. The van der Waals surface area contributed by atoms with Crippen molar-refractivity contribution in [1.29, 1.82) is 10.5 Å². The van der Waals surface area contributed by atoms with Gasteiger partial charge in [-0.3, -0.25) is 9.32 Å². The fourth-order valence-electron chi connectivity index (χ4n) is 2.65. The third-order valence-electron chi connectivity index (χ3n) is 4.00. The monoisotopic (exact) mass is 476 g/mol. The van der Waals surface area contributed by atoms with Crippen LogP contribution in [-0.4, -0.2) is 21.9 Å². The molecule has 31 heavy (non-hydrogen) atoms. The van der Waals surface area contributed by atoms with E-state index in [1.807, 2.05) is 12.1 Å². The van der Waals surface area contributed by atoms with Gasteiger partial charge in [0, 0.05) is 5.69 Å². The number of aryl methyl sites for hydroxylation is 1. The smallest absolute Gasteiger partial charge is 0.383 e. The molecule has 0 unspecified atom stereocenters. The van der Waals surface area contributed by atoms with Crippen molar-refractivity contribution in [2.24, 2.45) is 7.05 Å². The van der Waals surface area contributed by atoms with Gasteiger partial charge in [-0.05, 0) is 23.5 Å². The van der Waals surface area contributed by atoms with Crippen LogP contribution in [0.15, 0.2) is 32.5 Å². The SMILES string of the molecule is C[n+]1[nH]oc(=O)c1-c1c(C#N)c(N)nc(SCC(=O)Nc2ccc(Cl)c(Cl)c2)c1C#N. The number of nitrogens with two attached hydrogens (primary N) is 1.